The summed E-state index contributed by atoms with van der Waals surface area (Å²) in [4.78, 5) is 29.9. The van der Waals surface area contributed by atoms with Crippen molar-refractivity contribution in [1.29, 1.82) is 0 Å². The van der Waals surface area contributed by atoms with Gasteiger partial charge in [-0.25, -0.2) is 4.79 Å². The van der Waals surface area contributed by atoms with Gasteiger partial charge in [0, 0.05) is 44.0 Å². The van der Waals surface area contributed by atoms with Crippen molar-refractivity contribution in [3.05, 3.63) is 54.2 Å². The first-order valence-corrected chi connectivity index (χ1v) is 11.1. The lowest BCUT2D eigenvalue weighted by atomic mass is 9.61. The third kappa shape index (κ3) is 4.48. The highest BCUT2D eigenvalue weighted by Gasteiger charge is 2.47. The number of pyridine rings is 1. The third-order valence-corrected chi connectivity index (χ3v) is 6.68. The number of carbonyl (C=O) groups is 2. The van der Waals surface area contributed by atoms with Crippen LogP contribution < -0.4 is 10.1 Å². The lowest BCUT2D eigenvalue weighted by Gasteiger charge is -2.51. The highest BCUT2D eigenvalue weighted by atomic mass is 16.6. The van der Waals surface area contributed by atoms with Crippen LogP contribution in [-0.4, -0.2) is 53.3 Å². The molecule has 1 aliphatic heterocycles. The van der Waals surface area contributed by atoms with Crippen molar-refractivity contribution < 1.29 is 23.6 Å². The Kier molecular flexibility index (Phi) is 5.62. The minimum Gasteiger partial charge on any atom is -0.490 e. The van der Waals surface area contributed by atoms with E-state index in [9.17, 15) is 9.59 Å². The maximum atomic E-state index is 12.4. The number of ether oxygens (including phenoxy) is 2. The second-order valence-electron chi connectivity index (χ2n) is 8.83. The van der Waals surface area contributed by atoms with Gasteiger partial charge in [-0.15, -0.1) is 0 Å². The molecule has 0 bridgehead atoms. The summed E-state index contributed by atoms with van der Waals surface area (Å²) in [6.07, 6.45) is 7.35. The number of fused-ring (bicyclic) bond motifs is 1. The first kappa shape index (κ1) is 21.2. The molecule has 0 radical (unpaired) electrons. The van der Waals surface area contributed by atoms with Crippen LogP contribution in [0.15, 0.2) is 47.2 Å². The molecule has 2 amide bonds. The van der Waals surface area contributed by atoms with Gasteiger partial charge in [0.1, 0.15) is 5.75 Å². The standard InChI is InChI=1S/C24H26N4O5/c1-25-22(29)21-11-19(33-27-21)15-31-23(30)28-8-5-24(6-9-28)12-20(13-24)32-18-3-2-16-4-7-26-14-17(16)10-18/h2-4,7,10-11,14,20H,5-6,8-9,12-13,15H2,1H3,(H,25,29). The normalized spacial score (nSPS) is 17.5. The number of nitrogens with one attached hydrogen (secondary N) is 1. The minimum atomic E-state index is -0.375. The molecule has 1 N–H and O–H groups in total. The van der Waals surface area contributed by atoms with E-state index >= 15 is 0 Å². The second-order valence-corrected chi connectivity index (χ2v) is 8.83. The van der Waals surface area contributed by atoms with Crippen molar-refractivity contribution in [2.45, 2.75) is 38.4 Å². The lowest BCUT2D eigenvalue weighted by Crippen LogP contribution is -2.52. The molecule has 1 saturated carbocycles. The molecule has 9 nitrogen and oxygen atoms in total. The Morgan fingerprint density at radius 2 is 2.00 bits per heavy atom. The van der Waals surface area contributed by atoms with Gasteiger partial charge >= 0.3 is 6.09 Å². The number of nitrogens with zero attached hydrogens (tertiary/aromatic N) is 3. The van der Waals surface area contributed by atoms with Gasteiger partial charge in [0.2, 0.25) is 0 Å². The van der Waals surface area contributed by atoms with Crippen LogP contribution in [0.25, 0.3) is 10.8 Å². The summed E-state index contributed by atoms with van der Waals surface area (Å²) in [5, 5.41) is 8.35. The minimum absolute atomic E-state index is 0.0539. The number of piperidine rings is 1. The predicted octanol–water partition coefficient (Wildman–Crippen LogP) is 3.54. The van der Waals surface area contributed by atoms with E-state index in [4.69, 9.17) is 14.0 Å². The molecule has 5 rings (SSSR count). The molecule has 0 atom stereocenters. The van der Waals surface area contributed by atoms with E-state index in [-0.39, 0.29) is 35.8 Å². The zero-order valence-corrected chi connectivity index (χ0v) is 18.5. The summed E-state index contributed by atoms with van der Waals surface area (Å²) < 4.78 is 16.6. The van der Waals surface area contributed by atoms with E-state index in [1.165, 1.54) is 13.1 Å². The number of amides is 2. The van der Waals surface area contributed by atoms with Crippen molar-refractivity contribution in [3.8, 4) is 5.75 Å². The Hall–Kier alpha value is -3.62. The summed E-state index contributed by atoms with van der Waals surface area (Å²) in [5.41, 5.74) is 0.401. The molecule has 3 heterocycles. The molecular formula is C24H26N4O5. The molecular weight excluding hydrogens is 424 g/mol. The predicted molar refractivity (Wildman–Crippen MR) is 119 cm³/mol. The Morgan fingerprint density at radius 3 is 2.79 bits per heavy atom. The Bertz CT molecular complexity index is 1160. The van der Waals surface area contributed by atoms with Crippen LogP contribution in [0.5, 0.6) is 5.75 Å². The van der Waals surface area contributed by atoms with Crippen molar-refractivity contribution in [1.82, 2.24) is 20.4 Å². The van der Waals surface area contributed by atoms with Crippen molar-refractivity contribution in [2.75, 3.05) is 20.1 Å². The fraction of sp³-hybridized carbons (Fsp3) is 0.417. The van der Waals surface area contributed by atoms with Crippen LogP contribution in [0.4, 0.5) is 4.79 Å². The Balaban J connectivity index is 1.07. The van der Waals surface area contributed by atoms with E-state index in [0.717, 1.165) is 42.2 Å². The number of hydrogen-bond donors (Lipinski definition) is 1. The molecule has 1 spiro atoms. The Morgan fingerprint density at radius 1 is 1.18 bits per heavy atom. The van der Waals surface area contributed by atoms with Crippen LogP contribution in [0.3, 0.4) is 0 Å². The number of hydrogen-bond acceptors (Lipinski definition) is 7. The molecule has 3 aromatic rings. The summed E-state index contributed by atoms with van der Waals surface area (Å²) in [7, 11) is 1.51. The van der Waals surface area contributed by atoms with Crippen LogP contribution in [0.1, 0.15) is 41.9 Å². The van der Waals surface area contributed by atoms with Gasteiger partial charge in [0.15, 0.2) is 18.1 Å². The summed E-state index contributed by atoms with van der Waals surface area (Å²) >= 11 is 0. The third-order valence-electron chi connectivity index (χ3n) is 6.68. The molecule has 9 heteroatoms. The van der Waals surface area contributed by atoms with E-state index in [0.29, 0.717) is 18.8 Å². The molecule has 1 saturated heterocycles. The average molecular weight is 450 g/mol. The monoisotopic (exact) mass is 450 g/mol. The zero-order chi connectivity index (χ0) is 22.8. The Labute approximate surface area is 191 Å². The van der Waals surface area contributed by atoms with Gasteiger partial charge in [-0.05, 0) is 54.7 Å². The molecule has 2 aromatic heterocycles. The van der Waals surface area contributed by atoms with Crippen molar-refractivity contribution in [2.24, 2.45) is 5.41 Å². The SMILES string of the molecule is CNC(=O)c1cc(COC(=O)N2CCC3(CC2)CC(Oc2ccc4ccncc4c2)C3)on1. The molecule has 33 heavy (non-hydrogen) atoms. The first-order valence-electron chi connectivity index (χ1n) is 11.1. The van der Waals surface area contributed by atoms with Gasteiger partial charge in [-0.1, -0.05) is 11.2 Å². The van der Waals surface area contributed by atoms with Gasteiger partial charge in [0.25, 0.3) is 5.91 Å². The molecule has 2 fully saturated rings. The van der Waals surface area contributed by atoms with Gasteiger partial charge in [0.05, 0.1) is 6.10 Å². The van der Waals surface area contributed by atoms with Gasteiger partial charge < -0.3 is 24.2 Å². The first-order chi connectivity index (χ1) is 16.0. The lowest BCUT2D eigenvalue weighted by molar-refractivity contribution is -0.0538. The van der Waals surface area contributed by atoms with E-state index in [1.54, 1.807) is 11.1 Å². The highest BCUT2D eigenvalue weighted by molar-refractivity contribution is 5.91. The summed E-state index contributed by atoms with van der Waals surface area (Å²) in [6.45, 7) is 1.27. The quantitative estimate of drug-likeness (QED) is 0.634. The van der Waals surface area contributed by atoms with Crippen LogP contribution in [-0.2, 0) is 11.3 Å². The fourth-order valence-corrected chi connectivity index (χ4v) is 4.73. The number of rotatable bonds is 5. The van der Waals surface area contributed by atoms with Crippen molar-refractivity contribution >= 4 is 22.8 Å². The van der Waals surface area contributed by atoms with Crippen LogP contribution in [0.2, 0.25) is 0 Å². The molecule has 1 aromatic carbocycles. The molecule has 2 aliphatic rings. The van der Waals surface area contributed by atoms with Gasteiger partial charge in [-0.3, -0.25) is 9.78 Å². The number of aromatic nitrogens is 2. The number of benzene rings is 1. The number of likely N-dealkylation sites (tertiary alicyclic amines) is 1. The number of carbonyl (C=O) groups excluding carboxylic acids is 2. The van der Waals surface area contributed by atoms with E-state index < -0.39 is 0 Å². The molecule has 172 valence electrons. The molecule has 1 aliphatic carbocycles. The summed E-state index contributed by atoms with van der Waals surface area (Å²) in [6, 6.07) is 9.57. The van der Waals surface area contributed by atoms with Crippen molar-refractivity contribution in [3.63, 3.8) is 0 Å². The average Bonchev–Trinajstić information content (AvgIpc) is 3.30. The topological polar surface area (TPSA) is 107 Å². The smallest absolute Gasteiger partial charge is 0.410 e. The highest BCUT2D eigenvalue weighted by Crippen LogP contribution is 2.50. The summed E-state index contributed by atoms with van der Waals surface area (Å²) in [5.74, 6) is 0.861. The maximum absolute atomic E-state index is 12.4. The largest absolute Gasteiger partial charge is 0.490 e. The second kappa shape index (κ2) is 8.73. The maximum Gasteiger partial charge on any atom is 0.410 e. The van der Waals surface area contributed by atoms with E-state index in [2.05, 4.69) is 21.5 Å². The molecule has 0 unspecified atom stereocenters. The fourth-order valence-electron chi connectivity index (χ4n) is 4.73. The van der Waals surface area contributed by atoms with Crippen LogP contribution >= 0.6 is 0 Å². The zero-order valence-electron chi connectivity index (χ0n) is 18.5. The van der Waals surface area contributed by atoms with E-state index in [1.807, 2.05) is 24.4 Å². The van der Waals surface area contributed by atoms with Crippen LogP contribution in [0, 0.1) is 5.41 Å². The van der Waals surface area contributed by atoms with Gasteiger partial charge in [-0.2, -0.15) is 0 Å².